The first-order chi connectivity index (χ1) is 19.6. The fourth-order valence-corrected chi connectivity index (χ4v) is 6.15. The van der Waals surface area contributed by atoms with Crippen LogP contribution in [0.4, 0.5) is 5.69 Å². The van der Waals surface area contributed by atoms with Crippen LogP contribution in [-0.2, 0) is 0 Å². The van der Waals surface area contributed by atoms with Crippen molar-refractivity contribution in [3.05, 3.63) is 158 Å². The van der Waals surface area contributed by atoms with Gasteiger partial charge < -0.3 is 9.80 Å². The van der Waals surface area contributed by atoms with Crippen molar-refractivity contribution in [1.82, 2.24) is 4.90 Å². The molecule has 2 heterocycles. The Morgan fingerprint density at radius 1 is 0.675 bits per heavy atom. The number of likely N-dealkylation sites (N-methyl/N-ethyl adjacent to an activating group) is 1. The highest BCUT2D eigenvalue weighted by atomic mass is 15.3. The molecule has 0 saturated carbocycles. The van der Waals surface area contributed by atoms with E-state index in [0.717, 1.165) is 11.3 Å². The maximum absolute atomic E-state index is 4.30. The van der Waals surface area contributed by atoms with Crippen LogP contribution >= 0.6 is 0 Å². The van der Waals surface area contributed by atoms with Gasteiger partial charge in [0.25, 0.3) is 0 Å². The number of rotatable bonds is 3. The van der Waals surface area contributed by atoms with E-state index in [4.69, 9.17) is 0 Å². The predicted octanol–water partition coefficient (Wildman–Crippen LogP) is 9.83. The summed E-state index contributed by atoms with van der Waals surface area (Å²) in [5.74, 6) is 0. The van der Waals surface area contributed by atoms with Crippen LogP contribution in [-0.4, -0.2) is 11.9 Å². The van der Waals surface area contributed by atoms with Gasteiger partial charge in [0.15, 0.2) is 0 Å². The average Bonchev–Trinajstić information content (AvgIpc) is 3.01. The second kappa shape index (κ2) is 9.59. The number of benzene rings is 5. The summed E-state index contributed by atoms with van der Waals surface area (Å²) < 4.78 is 0. The van der Waals surface area contributed by atoms with E-state index in [2.05, 4.69) is 158 Å². The summed E-state index contributed by atoms with van der Waals surface area (Å²) in [5.41, 5.74) is 12.0. The van der Waals surface area contributed by atoms with E-state index < -0.39 is 0 Å². The number of hydrogen-bond acceptors (Lipinski definition) is 2. The normalized spacial score (nSPS) is 17.3. The SMILES string of the molecule is C=Cc1cccc2c(-c3ccc(-c4ccc5c(c4)-c4ccccc4C4N(C)C(=C)/C=C\C=C/N54)cc3)cccc12. The van der Waals surface area contributed by atoms with Crippen LogP contribution in [0.1, 0.15) is 17.3 Å². The molecule has 0 bridgehead atoms. The first-order valence-electron chi connectivity index (χ1n) is 13.7. The third-order valence-corrected chi connectivity index (χ3v) is 8.24. The van der Waals surface area contributed by atoms with Crippen LogP contribution in [0.2, 0.25) is 0 Å². The standard InChI is InChI=1S/C38H30N2/c1-4-27-12-9-17-33-31(27)15-10-16-32(33)29-20-18-28(19-21-29)30-22-23-37-36(25-30)34-13-5-6-14-35(34)38-39(3)26(2)11-7-8-24-40(37)38/h4-25,38H,1-2H2,3H3/b11-7-,24-8-. The van der Waals surface area contributed by atoms with Gasteiger partial charge >= 0.3 is 0 Å². The quantitative estimate of drug-likeness (QED) is 0.236. The number of nitrogens with zero attached hydrogens (tertiary/aromatic N) is 2. The molecule has 0 aromatic heterocycles. The van der Waals surface area contributed by atoms with Gasteiger partial charge in [-0.15, -0.1) is 0 Å². The van der Waals surface area contributed by atoms with E-state index >= 15 is 0 Å². The van der Waals surface area contributed by atoms with Gasteiger partial charge in [0, 0.05) is 30.1 Å². The lowest BCUT2D eigenvalue weighted by Gasteiger charge is -2.44. The molecular formula is C38H30N2. The van der Waals surface area contributed by atoms with Crippen LogP contribution in [0.15, 0.2) is 146 Å². The molecule has 0 fully saturated rings. The molecule has 0 radical (unpaired) electrons. The molecule has 0 amide bonds. The Morgan fingerprint density at radius 2 is 1.40 bits per heavy atom. The van der Waals surface area contributed by atoms with E-state index in [1.54, 1.807) is 0 Å². The molecule has 5 aromatic rings. The van der Waals surface area contributed by atoms with Crippen molar-refractivity contribution in [2.45, 2.75) is 6.17 Å². The van der Waals surface area contributed by atoms with Gasteiger partial charge in [0.1, 0.15) is 6.17 Å². The molecule has 0 saturated heterocycles. The van der Waals surface area contributed by atoms with E-state index in [-0.39, 0.29) is 6.17 Å². The lowest BCUT2D eigenvalue weighted by atomic mass is 9.88. The molecule has 0 spiro atoms. The molecule has 0 aliphatic carbocycles. The maximum Gasteiger partial charge on any atom is 0.132 e. The topological polar surface area (TPSA) is 6.48 Å². The number of anilines is 1. The fraction of sp³-hybridized carbons (Fsp3) is 0.0526. The Kier molecular flexibility index (Phi) is 5.75. The largest absolute Gasteiger partial charge is 0.351 e. The number of fused-ring (bicyclic) bond motifs is 7. The molecule has 5 aromatic carbocycles. The predicted molar refractivity (Wildman–Crippen MR) is 171 cm³/mol. The van der Waals surface area contributed by atoms with Gasteiger partial charge in [-0.2, -0.15) is 0 Å². The number of allylic oxidation sites excluding steroid dienone is 3. The summed E-state index contributed by atoms with van der Waals surface area (Å²) in [5, 5.41) is 2.48. The van der Waals surface area contributed by atoms with E-state index in [1.165, 1.54) is 55.4 Å². The Balaban J connectivity index is 1.31. The highest BCUT2D eigenvalue weighted by Crippen LogP contribution is 2.48. The van der Waals surface area contributed by atoms with Gasteiger partial charge in [-0.1, -0.05) is 116 Å². The number of hydrogen-bond donors (Lipinski definition) is 0. The van der Waals surface area contributed by atoms with Crippen molar-refractivity contribution in [3.63, 3.8) is 0 Å². The summed E-state index contributed by atoms with van der Waals surface area (Å²) in [6.07, 6.45) is 10.4. The minimum absolute atomic E-state index is 0.0461. The smallest absolute Gasteiger partial charge is 0.132 e. The fourth-order valence-electron chi connectivity index (χ4n) is 6.15. The van der Waals surface area contributed by atoms with E-state index in [9.17, 15) is 0 Å². The highest BCUT2D eigenvalue weighted by Gasteiger charge is 2.33. The zero-order valence-corrected chi connectivity index (χ0v) is 22.6. The van der Waals surface area contributed by atoms with E-state index in [1.807, 2.05) is 6.08 Å². The Bertz CT molecular complexity index is 1860. The summed E-state index contributed by atoms with van der Waals surface area (Å²) in [7, 11) is 2.12. The molecular weight excluding hydrogens is 484 g/mol. The third kappa shape index (κ3) is 3.80. The van der Waals surface area contributed by atoms with Gasteiger partial charge in [-0.3, -0.25) is 0 Å². The summed E-state index contributed by atoms with van der Waals surface area (Å²) in [6.45, 7) is 8.29. The van der Waals surface area contributed by atoms with Gasteiger partial charge in [0.2, 0.25) is 0 Å². The van der Waals surface area contributed by atoms with Crippen LogP contribution in [0, 0.1) is 0 Å². The molecule has 7 rings (SSSR count). The van der Waals surface area contributed by atoms with Gasteiger partial charge in [0.05, 0.1) is 5.69 Å². The van der Waals surface area contributed by atoms with Crippen molar-refractivity contribution >= 4 is 22.5 Å². The third-order valence-electron chi connectivity index (χ3n) is 8.24. The van der Waals surface area contributed by atoms with Gasteiger partial charge in [-0.05, 0) is 68.4 Å². The lowest BCUT2D eigenvalue weighted by molar-refractivity contribution is 0.319. The molecule has 2 heteroatoms. The average molecular weight is 515 g/mol. The van der Waals surface area contributed by atoms with Crippen molar-refractivity contribution in [1.29, 1.82) is 0 Å². The van der Waals surface area contributed by atoms with Crippen LogP contribution in [0.25, 0.3) is 50.2 Å². The van der Waals surface area contributed by atoms with Crippen molar-refractivity contribution in [2.75, 3.05) is 11.9 Å². The first-order valence-corrected chi connectivity index (χ1v) is 13.7. The molecule has 2 aliphatic heterocycles. The van der Waals surface area contributed by atoms with Crippen molar-refractivity contribution in [3.8, 4) is 33.4 Å². The molecule has 2 aliphatic rings. The zero-order chi connectivity index (χ0) is 27.2. The molecule has 40 heavy (non-hydrogen) atoms. The van der Waals surface area contributed by atoms with Gasteiger partial charge in [-0.25, -0.2) is 0 Å². The van der Waals surface area contributed by atoms with Crippen LogP contribution in [0.5, 0.6) is 0 Å². The lowest BCUT2D eigenvalue weighted by Crippen LogP contribution is -2.38. The summed E-state index contributed by atoms with van der Waals surface area (Å²) in [6, 6.07) is 37.5. The Labute approximate surface area is 236 Å². The van der Waals surface area contributed by atoms with E-state index in [0.29, 0.717) is 0 Å². The monoisotopic (exact) mass is 514 g/mol. The Morgan fingerprint density at radius 3 is 2.25 bits per heavy atom. The van der Waals surface area contributed by atoms with Crippen LogP contribution < -0.4 is 4.90 Å². The first kappa shape index (κ1) is 24.0. The Hall–Kier alpha value is -5.08. The molecule has 0 N–H and O–H groups in total. The summed E-state index contributed by atoms with van der Waals surface area (Å²) in [4.78, 5) is 4.61. The zero-order valence-electron chi connectivity index (χ0n) is 22.6. The molecule has 2 nitrogen and oxygen atoms in total. The summed E-state index contributed by atoms with van der Waals surface area (Å²) >= 11 is 0. The second-order valence-corrected chi connectivity index (χ2v) is 10.4. The van der Waals surface area contributed by atoms with Crippen LogP contribution in [0.3, 0.4) is 0 Å². The second-order valence-electron chi connectivity index (χ2n) is 10.4. The minimum Gasteiger partial charge on any atom is -0.351 e. The van der Waals surface area contributed by atoms with Crippen molar-refractivity contribution < 1.29 is 0 Å². The maximum atomic E-state index is 4.30. The molecule has 1 unspecified atom stereocenters. The highest BCUT2D eigenvalue weighted by molar-refractivity contribution is 6.01. The van der Waals surface area contributed by atoms with Crippen molar-refractivity contribution in [2.24, 2.45) is 0 Å². The molecule has 1 atom stereocenters. The molecule has 192 valence electrons. The minimum atomic E-state index is 0.0461.